The molecule has 0 atom stereocenters. The Balaban J connectivity index is 1.89. The second-order valence-corrected chi connectivity index (χ2v) is 8.66. The van der Waals surface area contributed by atoms with Gasteiger partial charge in [-0.05, 0) is 47.7 Å². The van der Waals surface area contributed by atoms with Gasteiger partial charge in [0.25, 0.3) is 11.5 Å². The molecule has 3 rings (SSSR count). The van der Waals surface area contributed by atoms with E-state index in [9.17, 15) is 9.59 Å². The molecule has 29 heavy (non-hydrogen) atoms. The number of carbonyl (C=O) groups excluding carboxylic acids is 1. The van der Waals surface area contributed by atoms with Gasteiger partial charge in [0.2, 0.25) is 0 Å². The van der Waals surface area contributed by atoms with Gasteiger partial charge in [-0.3, -0.25) is 9.59 Å². The van der Waals surface area contributed by atoms with Crippen LogP contribution in [0, 0.1) is 0 Å². The SMILES string of the molecule is CCCN(Cc1nc2cc(Cl)ccc2c(=O)[nH]1)C(=O)c1ccc(C(C)(C)C)cc1. The second-order valence-electron chi connectivity index (χ2n) is 8.23. The molecule has 152 valence electrons. The van der Waals surface area contributed by atoms with Gasteiger partial charge in [0.15, 0.2) is 0 Å². The summed E-state index contributed by atoms with van der Waals surface area (Å²) in [5.41, 5.74) is 2.11. The summed E-state index contributed by atoms with van der Waals surface area (Å²) in [4.78, 5) is 34.5. The fraction of sp³-hybridized carbons (Fsp3) is 0.348. The number of hydrogen-bond donors (Lipinski definition) is 1. The van der Waals surface area contributed by atoms with Crippen molar-refractivity contribution in [3.05, 3.63) is 74.8 Å². The monoisotopic (exact) mass is 411 g/mol. The molecule has 0 fully saturated rings. The van der Waals surface area contributed by atoms with Crippen molar-refractivity contribution < 1.29 is 4.79 Å². The van der Waals surface area contributed by atoms with Gasteiger partial charge in [-0.25, -0.2) is 4.98 Å². The zero-order valence-electron chi connectivity index (χ0n) is 17.3. The number of nitrogens with one attached hydrogen (secondary N) is 1. The molecule has 0 aliphatic heterocycles. The number of benzene rings is 2. The molecule has 1 amide bonds. The van der Waals surface area contributed by atoms with Crippen LogP contribution in [0.15, 0.2) is 47.3 Å². The van der Waals surface area contributed by atoms with Crippen LogP contribution in [0.1, 0.15) is 55.9 Å². The molecule has 0 bridgehead atoms. The first-order valence-electron chi connectivity index (χ1n) is 9.77. The van der Waals surface area contributed by atoms with Crippen molar-refractivity contribution >= 4 is 28.4 Å². The predicted molar refractivity (Wildman–Crippen MR) is 118 cm³/mol. The third kappa shape index (κ3) is 4.85. The minimum Gasteiger partial charge on any atom is -0.331 e. The fourth-order valence-electron chi connectivity index (χ4n) is 3.23. The molecule has 2 aromatic carbocycles. The van der Waals surface area contributed by atoms with Gasteiger partial charge >= 0.3 is 0 Å². The van der Waals surface area contributed by atoms with Crippen molar-refractivity contribution in [1.82, 2.24) is 14.9 Å². The zero-order valence-corrected chi connectivity index (χ0v) is 18.0. The molecule has 0 aliphatic rings. The predicted octanol–water partition coefficient (Wildman–Crippen LogP) is 4.93. The smallest absolute Gasteiger partial charge is 0.258 e. The van der Waals surface area contributed by atoms with Crippen LogP contribution in [0.3, 0.4) is 0 Å². The van der Waals surface area contributed by atoms with Gasteiger partial charge in [-0.1, -0.05) is 51.4 Å². The molecule has 1 aromatic heterocycles. The van der Waals surface area contributed by atoms with E-state index in [0.717, 1.165) is 6.42 Å². The first-order chi connectivity index (χ1) is 13.7. The number of aromatic amines is 1. The Hall–Kier alpha value is -2.66. The van der Waals surface area contributed by atoms with E-state index in [0.29, 0.717) is 33.9 Å². The minimum absolute atomic E-state index is 0.0282. The third-order valence-electron chi connectivity index (χ3n) is 4.84. The largest absolute Gasteiger partial charge is 0.331 e. The summed E-state index contributed by atoms with van der Waals surface area (Å²) in [7, 11) is 0. The summed E-state index contributed by atoms with van der Waals surface area (Å²) in [6, 6.07) is 12.7. The summed E-state index contributed by atoms with van der Waals surface area (Å²) < 4.78 is 0. The highest BCUT2D eigenvalue weighted by Gasteiger charge is 2.19. The van der Waals surface area contributed by atoms with Crippen LogP contribution >= 0.6 is 11.6 Å². The molecule has 0 spiro atoms. The molecule has 1 heterocycles. The van der Waals surface area contributed by atoms with E-state index in [1.54, 1.807) is 23.1 Å². The number of rotatable bonds is 5. The lowest BCUT2D eigenvalue weighted by molar-refractivity contribution is 0.0739. The molecule has 0 unspecified atom stereocenters. The molecule has 0 saturated carbocycles. The van der Waals surface area contributed by atoms with Crippen molar-refractivity contribution in [2.45, 2.75) is 46.1 Å². The van der Waals surface area contributed by atoms with Gasteiger partial charge < -0.3 is 9.88 Å². The average molecular weight is 412 g/mol. The lowest BCUT2D eigenvalue weighted by atomic mass is 9.86. The van der Waals surface area contributed by atoms with Crippen LogP contribution < -0.4 is 5.56 Å². The highest BCUT2D eigenvalue weighted by Crippen LogP contribution is 2.23. The highest BCUT2D eigenvalue weighted by molar-refractivity contribution is 6.31. The number of fused-ring (bicyclic) bond motifs is 1. The zero-order chi connectivity index (χ0) is 21.2. The van der Waals surface area contributed by atoms with Crippen molar-refractivity contribution in [3.8, 4) is 0 Å². The quantitative estimate of drug-likeness (QED) is 0.647. The van der Waals surface area contributed by atoms with E-state index in [1.807, 2.05) is 31.2 Å². The van der Waals surface area contributed by atoms with Crippen LogP contribution in [0.25, 0.3) is 10.9 Å². The van der Waals surface area contributed by atoms with Gasteiger partial charge in [0, 0.05) is 17.1 Å². The van der Waals surface area contributed by atoms with Crippen LogP contribution in [0.5, 0.6) is 0 Å². The molecule has 5 nitrogen and oxygen atoms in total. The second kappa shape index (κ2) is 8.37. The van der Waals surface area contributed by atoms with Crippen LogP contribution in [0.4, 0.5) is 0 Å². The summed E-state index contributed by atoms with van der Waals surface area (Å²) in [5.74, 6) is 0.360. The Bertz CT molecular complexity index is 1080. The fourth-order valence-corrected chi connectivity index (χ4v) is 3.40. The number of hydrogen-bond acceptors (Lipinski definition) is 3. The number of halogens is 1. The summed E-state index contributed by atoms with van der Waals surface area (Å²) in [6.45, 7) is 9.23. The molecular formula is C23H26ClN3O2. The molecule has 3 aromatic rings. The standard InChI is InChI=1S/C23H26ClN3O2/c1-5-12-27(22(29)15-6-8-16(9-7-15)23(2,3)4)14-20-25-19-13-17(24)10-11-18(19)21(28)26-20/h6-11,13H,5,12,14H2,1-4H3,(H,25,26,28). The van der Waals surface area contributed by atoms with E-state index in [2.05, 4.69) is 30.7 Å². The van der Waals surface area contributed by atoms with E-state index in [-0.39, 0.29) is 23.4 Å². The number of aromatic nitrogens is 2. The van der Waals surface area contributed by atoms with E-state index in [1.165, 1.54) is 5.56 Å². The van der Waals surface area contributed by atoms with Crippen LogP contribution in [-0.4, -0.2) is 27.3 Å². The topological polar surface area (TPSA) is 66.1 Å². The first kappa shape index (κ1) is 21.1. The van der Waals surface area contributed by atoms with Gasteiger partial charge in [-0.2, -0.15) is 0 Å². The normalized spacial score (nSPS) is 11.6. The molecule has 0 saturated heterocycles. The maximum Gasteiger partial charge on any atom is 0.258 e. The van der Waals surface area contributed by atoms with Gasteiger partial charge in [0.1, 0.15) is 5.82 Å². The number of amides is 1. The van der Waals surface area contributed by atoms with Gasteiger partial charge in [0.05, 0.1) is 17.4 Å². The lowest BCUT2D eigenvalue weighted by Crippen LogP contribution is -2.33. The molecule has 1 N–H and O–H groups in total. The van der Waals surface area contributed by atoms with Crippen molar-refractivity contribution in [2.75, 3.05) is 6.54 Å². The maximum absolute atomic E-state index is 13.1. The number of carbonyl (C=O) groups is 1. The van der Waals surface area contributed by atoms with Gasteiger partial charge in [-0.15, -0.1) is 0 Å². The van der Waals surface area contributed by atoms with E-state index >= 15 is 0 Å². The van der Waals surface area contributed by atoms with Crippen molar-refractivity contribution in [3.63, 3.8) is 0 Å². The number of nitrogens with zero attached hydrogens (tertiary/aromatic N) is 2. The van der Waals surface area contributed by atoms with E-state index in [4.69, 9.17) is 11.6 Å². The Labute approximate surface area is 175 Å². The van der Waals surface area contributed by atoms with Crippen molar-refractivity contribution in [1.29, 1.82) is 0 Å². The number of H-pyrrole nitrogens is 1. The Morgan fingerprint density at radius 2 is 1.83 bits per heavy atom. The lowest BCUT2D eigenvalue weighted by Gasteiger charge is -2.23. The molecule has 0 aliphatic carbocycles. The summed E-state index contributed by atoms with van der Waals surface area (Å²) >= 11 is 6.04. The minimum atomic E-state index is -0.236. The van der Waals surface area contributed by atoms with Crippen LogP contribution in [-0.2, 0) is 12.0 Å². The molecule has 6 heteroatoms. The van der Waals surface area contributed by atoms with Crippen LogP contribution in [0.2, 0.25) is 5.02 Å². The maximum atomic E-state index is 13.1. The van der Waals surface area contributed by atoms with Crippen molar-refractivity contribution in [2.24, 2.45) is 0 Å². The third-order valence-corrected chi connectivity index (χ3v) is 5.07. The first-order valence-corrected chi connectivity index (χ1v) is 10.1. The highest BCUT2D eigenvalue weighted by atomic mass is 35.5. The van der Waals surface area contributed by atoms with E-state index < -0.39 is 0 Å². The Morgan fingerprint density at radius 3 is 2.45 bits per heavy atom. The molecular weight excluding hydrogens is 386 g/mol. The average Bonchev–Trinajstić information content (AvgIpc) is 2.66. The summed E-state index contributed by atoms with van der Waals surface area (Å²) in [5, 5.41) is 0.992. The Kier molecular flexibility index (Phi) is 6.08. The molecule has 0 radical (unpaired) electrons. The Morgan fingerprint density at radius 1 is 1.14 bits per heavy atom. The summed E-state index contributed by atoms with van der Waals surface area (Å²) in [6.07, 6.45) is 0.801.